The van der Waals surface area contributed by atoms with Crippen LogP contribution in [0.3, 0.4) is 0 Å². The van der Waals surface area contributed by atoms with Crippen LogP contribution in [0.5, 0.6) is 0 Å². The Kier molecular flexibility index (Phi) is 7.90. The van der Waals surface area contributed by atoms with Gasteiger partial charge in [-0.25, -0.2) is 0 Å². The molecule has 0 atom stereocenters. The molecule has 1 aromatic rings. The summed E-state index contributed by atoms with van der Waals surface area (Å²) >= 11 is 1.33. The van der Waals surface area contributed by atoms with Crippen LogP contribution in [0, 0.1) is 6.92 Å². The van der Waals surface area contributed by atoms with Gasteiger partial charge in [-0.3, -0.25) is 9.59 Å². The maximum Gasteiger partial charge on any atom is 0.234 e. The van der Waals surface area contributed by atoms with Crippen molar-refractivity contribution in [1.82, 2.24) is 5.32 Å². The second-order valence-corrected chi connectivity index (χ2v) is 5.97. The summed E-state index contributed by atoms with van der Waals surface area (Å²) in [6, 6.07) is 7.88. The van der Waals surface area contributed by atoms with E-state index in [0.717, 1.165) is 24.1 Å². The number of carbonyl (C=O) groups is 2. The molecule has 0 aliphatic heterocycles. The normalized spacial score (nSPS) is 10.5. The van der Waals surface area contributed by atoms with E-state index in [9.17, 15) is 9.59 Å². The van der Waals surface area contributed by atoms with Crippen LogP contribution in [0.1, 0.15) is 32.3 Å². The Balaban J connectivity index is 2.24. The van der Waals surface area contributed by atoms with E-state index >= 15 is 0 Å². The topological polar surface area (TPSA) is 58.2 Å². The number of hydrogen-bond donors (Lipinski definition) is 2. The fourth-order valence-electron chi connectivity index (χ4n) is 1.83. The Morgan fingerprint density at radius 3 is 2.19 bits per heavy atom. The quantitative estimate of drug-likeness (QED) is 0.776. The molecule has 0 heterocycles. The van der Waals surface area contributed by atoms with Crippen molar-refractivity contribution in [3.63, 3.8) is 0 Å². The van der Waals surface area contributed by atoms with Gasteiger partial charge < -0.3 is 10.6 Å². The second-order valence-electron chi connectivity index (χ2n) is 4.99. The maximum absolute atomic E-state index is 11.7. The van der Waals surface area contributed by atoms with Gasteiger partial charge in [-0.1, -0.05) is 31.5 Å². The van der Waals surface area contributed by atoms with E-state index in [4.69, 9.17) is 0 Å². The molecule has 116 valence electrons. The molecule has 1 aromatic carbocycles. The van der Waals surface area contributed by atoms with Gasteiger partial charge in [0.15, 0.2) is 0 Å². The summed E-state index contributed by atoms with van der Waals surface area (Å²) in [5, 5.41) is 5.77. The van der Waals surface area contributed by atoms with Crippen LogP contribution in [0.4, 0.5) is 5.69 Å². The van der Waals surface area contributed by atoms with Crippen LogP contribution in [-0.2, 0) is 9.59 Å². The van der Waals surface area contributed by atoms with Crippen molar-refractivity contribution >= 4 is 29.3 Å². The van der Waals surface area contributed by atoms with E-state index in [-0.39, 0.29) is 23.6 Å². The Labute approximate surface area is 131 Å². The fraction of sp³-hybridized carbons (Fsp3) is 0.500. The van der Waals surface area contributed by atoms with E-state index in [1.807, 2.05) is 31.2 Å². The largest absolute Gasteiger partial charge is 0.353 e. The summed E-state index contributed by atoms with van der Waals surface area (Å²) in [5.41, 5.74) is 1.94. The lowest BCUT2D eigenvalue weighted by Gasteiger charge is -2.14. The first kappa shape index (κ1) is 17.6. The molecule has 0 radical (unpaired) electrons. The molecule has 0 saturated heterocycles. The summed E-state index contributed by atoms with van der Waals surface area (Å²) in [6.45, 7) is 6.10. The van der Waals surface area contributed by atoms with Crippen molar-refractivity contribution in [2.45, 2.75) is 39.7 Å². The third kappa shape index (κ3) is 7.18. The number of anilines is 1. The fourth-order valence-corrected chi connectivity index (χ4v) is 2.46. The first-order valence-electron chi connectivity index (χ1n) is 7.28. The van der Waals surface area contributed by atoms with E-state index in [1.54, 1.807) is 0 Å². The van der Waals surface area contributed by atoms with E-state index in [1.165, 1.54) is 11.8 Å². The number of thioether (sulfide) groups is 1. The van der Waals surface area contributed by atoms with Gasteiger partial charge in [0.2, 0.25) is 11.8 Å². The van der Waals surface area contributed by atoms with Gasteiger partial charge in [-0.15, -0.1) is 11.8 Å². The first-order chi connectivity index (χ1) is 10.0. The summed E-state index contributed by atoms with van der Waals surface area (Å²) in [7, 11) is 0. The smallest absolute Gasteiger partial charge is 0.234 e. The van der Waals surface area contributed by atoms with Gasteiger partial charge >= 0.3 is 0 Å². The number of hydrogen-bond acceptors (Lipinski definition) is 3. The summed E-state index contributed by atoms with van der Waals surface area (Å²) in [4.78, 5) is 23.4. The zero-order valence-electron chi connectivity index (χ0n) is 12.9. The molecule has 5 heteroatoms. The standard InChI is InChI=1S/C16H24N2O2S/c1-4-13(5-2)17-15(19)10-21-11-16(20)18-14-8-6-12(3)7-9-14/h6-9,13H,4-5,10-11H2,1-3H3,(H,17,19)(H,18,20). The van der Waals surface area contributed by atoms with Crippen LogP contribution in [0.2, 0.25) is 0 Å². The van der Waals surface area contributed by atoms with Gasteiger partial charge in [0.05, 0.1) is 11.5 Å². The van der Waals surface area contributed by atoms with Gasteiger partial charge in [-0.2, -0.15) is 0 Å². The number of rotatable bonds is 8. The lowest BCUT2D eigenvalue weighted by molar-refractivity contribution is -0.119. The highest BCUT2D eigenvalue weighted by atomic mass is 32.2. The van der Waals surface area contributed by atoms with Crippen molar-refractivity contribution in [2.75, 3.05) is 16.8 Å². The zero-order valence-corrected chi connectivity index (χ0v) is 13.8. The minimum absolute atomic E-state index is 0.00293. The predicted molar refractivity (Wildman–Crippen MR) is 89.6 cm³/mol. The second kappa shape index (κ2) is 9.45. The molecule has 0 saturated carbocycles. The number of nitrogens with one attached hydrogen (secondary N) is 2. The molecule has 1 rings (SSSR count). The van der Waals surface area contributed by atoms with Crippen LogP contribution in [-0.4, -0.2) is 29.4 Å². The molecule has 0 spiro atoms. The number of carbonyl (C=O) groups excluding carboxylic acids is 2. The molecule has 0 fully saturated rings. The first-order valence-corrected chi connectivity index (χ1v) is 8.44. The molecule has 0 aliphatic carbocycles. The average Bonchev–Trinajstić information content (AvgIpc) is 2.47. The highest BCUT2D eigenvalue weighted by Gasteiger charge is 2.09. The van der Waals surface area contributed by atoms with Gasteiger partial charge in [-0.05, 0) is 31.9 Å². The third-order valence-electron chi connectivity index (χ3n) is 3.15. The lowest BCUT2D eigenvalue weighted by Crippen LogP contribution is -2.35. The van der Waals surface area contributed by atoms with Crippen LogP contribution in [0.15, 0.2) is 24.3 Å². The molecule has 0 unspecified atom stereocenters. The van der Waals surface area contributed by atoms with E-state index in [2.05, 4.69) is 24.5 Å². The van der Waals surface area contributed by atoms with Gasteiger partial charge in [0.1, 0.15) is 0 Å². The van der Waals surface area contributed by atoms with Crippen LogP contribution in [0.25, 0.3) is 0 Å². The summed E-state index contributed by atoms with van der Waals surface area (Å²) < 4.78 is 0. The average molecular weight is 308 g/mol. The minimum Gasteiger partial charge on any atom is -0.353 e. The summed E-state index contributed by atoms with van der Waals surface area (Å²) in [5.74, 6) is 0.512. The Bertz CT molecular complexity index is 456. The molecule has 0 aliphatic rings. The molecular weight excluding hydrogens is 284 g/mol. The Morgan fingerprint density at radius 1 is 1.05 bits per heavy atom. The zero-order chi connectivity index (χ0) is 15.7. The molecule has 4 nitrogen and oxygen atoms in total. The van der Waals surface area contributed by atoms with E-state index in [0.29, 0.717) is 5.75 Å². The third-order valence-corrected chi connectivity index (χ3v) is 4.08. The van der Waals surface area contributed by atoms with Crippen LogP contribution < -0.4 is 10.6 Å². The molecule has 2 amide bonds. The monoisotopic (exact) mass is 308 g/mol. The van der Waals surface area contributed by atoms with Crippen molar-refractivity contribution in [3.8, 4) is 0 Å². The van der Waals surface area contributed by atoms with Crippen molar-refractivity contribution in [1.29, 1.82) is 0 Å². The number of amides is 2. The van der Waals surface area contributed by atoms with E-state index < -0.39 is 0 Å². The molecule has 0 bridgehead atoms. The summed E-state index contributed by atoms with van der Waals surface area (Å²) in [6.07, 6.45) is 1.86. The Hall–Kier alpha value is -1.49. The Morgan fingerprint density at radius 2 is 1.62 bits per heavy atom. The van der Waals surface area contributed by atoms with Crippen molar-refractivity contribution in [2.24, 2.45) is 0 Å². The molecular formula is C16H24N2O2S. The number of aryl methyl sites for hydroxylation is 1. The highest BCUT2D eigenvalue weighted by molar-refractivity contribution is 8.00. The molecule has 0 aromatic heterocycles. The SMILES string of the molecule is CCC(CC)NC(=O)CSCC(=O)Nc1ccc(C)cc1. The predicted octanol–water partition coefficient (Wildman–Crippen LogP) is 2.97. The molecule has 2 N–H and O–H groups in total. The highest BCUT2D eigenvalue weighted by Crippen LogP contribution is 2.09. The lowest BCUT2D eigenvalue weighted by atomic mass is 10.2. The van der Waals surface area contributed by atoms with Gasteiger partial charge in [0, 0.05) is 11.7 Å². The number of benzene rings is 1. The van der Waals surface area contributed by atoms with Crippen molar-refractivity contribution in [3.05, 3.63) is 29.8 Å². The minimum atomic E-state index is -0.0841. The van der Waals surface area contributed by atoms with Crippen LogP contribution >= 0.6 is 11.8 Å². The van der Waals surface area contributed by atoms with Crippen molar-refractivity contribution < 1.29 is 9.59 Å². The van der Waals surface area contributed by atoms with Gasteiger partial charge in [0.25, 0.3) is 0 Å². The maximum atomic E-state index is 11.7. The molecule has 21 heavy (non-hydrogen) atoms.